The number of hydrogen-bond acceptors (Lipinski definition) is 2. The van der Waals surface area contributed by atoms with Gasteiger partial charge in [-0.25, -0.2) is 0 Å². The first-order chi connectivity index (χ1) is 6.21. The summed E-state index contributed by atoms with van der Waals surface area (Å²) < 4.78 is 11.6. The maximum absolute atomic E-state index is 11.7. The minimum Gasteiger partial charge on any atom is -0.299 e. The van der Waals surface area contributed by atoms with E-state index >= 15 is 0 Å². The van der Waals surface area contributed by atoms with Gasteiger partial charge in [-0.15, -0.1) is 0 Å². The molecule has 0 radical (unpaired) electrons. The first kappa shape index (κ1) is 11.8. The topological polar surface area (TPSA) is 34.1 Å². The highest BCUT2D eigenvalue weighted by molar-refractivity contribution is 8.00. The Labute approximate surface area is 87.1 Å². The minimum atomic E-state index is -1.84. The summed E-state index contributed by atoms with van der Waals surface area (Å²) in [5, 5.41) is 0. The third-order valence-electron chi connectivity index (χ3n) is 2.75. The SMILES string of the molecule is C=S1(=O)CCC(CC(=O)C(C)(C)C)C1. The Bertz CT molecular complexity index is 320. The summed E-state index contributed by atoms with van der Waals surface area (Å²) in [6.45, 7) is 5.81. The Morgan fingerprint density at radius 2 is 2.07 bits per heavy atom. The Hall–Kier alpha value is -0.310. The molecular weight excluding hydrogens is 196 g/mol. The van der Waals surface area contributed by atoms with Gasteiger partial charge in [0.15, 0.2) is 0 Å². The van der Waals surface area contributed by atoms with E-state index in [2.05, 4.69) is 5.87 Å². The predicted octanol–water partition coefficient (Wildman–Crippen LogP) is 1.73. The molecule has 0 saturated carbocycles. The van der Waals surface area contributed by atoms with Gasteiger partial charge in [-0.3, -0.25) is 9.00 Å². The van der Waals surface area contributed by atoms with E-state index in [1.54, 1.807) is 0 Å². The standard InChI is InChI=1S/C11H20O2S/c1-11(2,3)10(12)7-9-5-6-14(4,13)8-9/h9H,4-8H2,1-3H3. The molecule has 1 aliphatic rings. The van der Waals surface area contributed by atoms with Crippen molar-refractivity contribution in [1.82, 2.24) is 0 Å². The van der Waals surface area contributed by atoms with Gasteiger partial charge < -0.3 is 0 Å². The molecule has 0 aromatic carbocycles. The number of carbonyl (C=O) groups excluding carboxylic acids is 1. The lowest BCUT2D eigenvalue weighted by Gasteiger charge is -2.18. The highest BCUT2D eigenvalue weighted by Crippen LogP contribution is 2.26. The zero-order valence-corrected chi connectivity index (χ0v) is 10.2. The second-order valence-electron chi connectivity index (χ2n) is 5.37. The van der Waals surface area contributed by atoms with Crippen molar-refractivity contribution in [3.63, 3.8) is 0 Å². The molecule has 14 heavy (non-hydrogen) atoms. The predicted molar refractivity (Wildman–Crippen MR) is 62.2 cm³/mol. The molecule has 0 bridgehead atoms. The van der Waals surface area contributed by atoms with Gasteiger partial charge in [-0.2, -0.15) is 0 Å². The van der Waals surface area contributed by atoms with Crippen molar-refractivity contribution in [2.75, 3.05) is 11.5 Å². The molecule has 1 fully saturated rings. The molecule has 0 aromatic heterocycles. The van der Waals surface area contributed by atoms with Crippen LogP contribution in [-0.2, 0) is 14.3 Å². The monoisotopic (exact) mass is 216 g/mol. The van der Waals surface area contributed by atoms with Crippen LogP contribution < -0.4 is 0 Å². The molecule has 1 aliphatic heterocycles. The normalized spacial score (nSPS) is 33.2. The lowest BCUT2D eigenvalue weighted by molar-refractivity contribution is -0.127. The number of ketones is 1. The van der Waals surface area contributed by atoms with Crippen molar-refractivity contribution < 1.29 is 9.00 Å². The second kappa shape index (κ2) is 3.69. The zero-order chi connectivity index (χ0) is 11.0. The second-order valence-corrected chi connectivity index (χ2v) is 8.04. The van der Waals surface area contributed by atoms with Crippen molar-refractivity contribution in [2.45, 2.75) is 33.6 Å². The Balaban J connectivity index is 2.53. The Morgan fingerprint density at radius 1 is 1.50 bits per heavy atom. The van der Waals surface area contributed by atoms with Crippen LogP contribution in [0.15, 0.2) is 0 Å². The first-order valence-corrected chi connectivity index (χ1v) is 7.13. The number of carbonyl (C=O) groups is 1. The average molecular weight is 216 g/mol. The molecule has 0 amide bonds. The fourth-order valence-corrected chi connectivity index (χ4v) is 3.78. The van der Waals surface area contributed by atoms with Gasteiger partial charge in [0.2, 0.25) is 0 Å². The summed E-state index contributed by atoms with van der Waals surface area (Å²) in [5.74, 6) is 5.65. The van der Waals surface area contributed by atoms with Crippen molar-refractivity contribution in [2.24, 2.45) is 11.3 Å². The van der Waals surface area contributed by atoms with Gasteiger partial charge in [0.1, 0.15) is 5.78 Å². The van der Waals surface area contributed by atoms with E-state index < -0.39 is 9.52 Å². The number of hydrogen-bond donors (Lipinski definition) is 0. The molecule has 2 nitrogen and oxygen atoms in total. The van der Waals surface area contributed by atoms with E-state index in [1.165, 1.54) is 0 Å². The summed E-state index contributed by atoms with van der Waals surface area (Å²) in [4.78, 5) is 11.7. The third kappa shape index (κ3) is 3.12. The number of Topliss-reactive ketones (excluding diaryl/α,β-unsaturated/α-hetero) is 1. The zero-order valence-electron chi connectivity index (χ0n) is 9.34. The van der Waals surface area contributed by atoms with Crippen LogP contribution in [0.5, 0.6) is 0 Å². The Kier molecular flexibility index (Phi) is 3.10. The van der Waals surface area contributed by atoms with Gasteiger partial charge in [0.05, 0.1) is 0 Å². The van der Waals surface area contributed by atoms with Crippen LogP contribution in [0.25, 0.3) is 0 Å². The highest BCUT2D eigenvalue weighted by atomic mass is 32.2. The summed E-state index contributed by atoms with van der Waals surface area (Å²) >= 11 is 0. The van der Waals surface area contributed by atoms with Gasteiger partial charge in [0, 0.05) is 23.3 Å². The van der Waals surface area contributed by atoms with Gasteiger partial charge >= 0.3 is 0 Å². The van der Waals surface area contributed by atoms with Crippen molar-refractivity contribution >= 4 is 21.2 Å². The largest absolute Gasteiger partial charge is 0.299 e. The highest BCUT2D eigenvalue weighted by Gasteiger charge is 2.29. The first-order valence-electron chi connectivity index (χ1n) is 5.07. The fourth-order valence-electron chi connectivity index (χ4n) is 1.71. The summed E-state index contributed by atoms with van der Waals surface area (Å²) in [7, 11) is -1.84. The number of rotatable bonds is 2. The summed E-state index contributed by atoms with van der Waals surface area (Å²) in [5.41, 5.74) is -0.259. The van der Waals surface area contributed by atoms with Gasteiger partial charge in [-0.1, -0.05) is 20.8 Å². The van der Waals surface area contributed by atoms with Crippen LogP contribution in [0.1, 0.15) is 33.6 Å². The van der Waals surface area contributed by atoms with Crippen LogP contribution in [0.2, 0.25) is 0 Å². The summed E-state index contributed by atoms with van der Waals surface area (Å²) in [6, 6.07) is 0. The molecule has 3 heteroatoms. The van der Waals surface area contributed by atoms with E-state index in [-0.39, 0.29) is 11.2 Å². The molecule has 0 spiro atoms. The maximum Gasteiger partial charge on any atom is 0.138 e. The van der Waals surface area contributed by atoms with Crippen LogP contribution in [0.4, 0.5) is 0 Å². The van der Waals surface area contributed by atoms with Crippen LogP contribution in [-0.4, -0.2) is 27.4 Å². The quantitative estimate of drug-likeness (QED) is 0.659. The van der Waals surface area contributed by atoms with Gasteiger partial charge in [0.25, 0.3) is 0 Å². The van der Waals surface area contributed by atoms with E-state index in [0.717, 1.165) is 6.42 Å². The maximum atomic E-state index is 11.7. The molecule has 1 heterocycles. The van der Waals surface area contributed by atoms with E-state index in [0.29, 0.717) is 23.8 Å². The van der Waals surface area contributed by atoms with E-state index in [4.69, 9.17) is 0 Å². The molecular formula is C11H20O2S. The minimum absolute atomic E-state index is 0.259. The molecule has 2 unspecified atom stereocenters. The van der Waals surface area contributed by atoms with E-state index in [1.807, 2.05) is 20.8 Å². The molecule has 0 aromatic rings. The molecule has 82 valence electrons. The summed E-state index contributed by atoms with van der Waals surface area (Å²) in [6.07, 6.45) is 1.49. The molecule has 2 atom stereocenters. The fraction of sp³-hybridized carbons (Fsp3) is 0.818. The molecule has 0 N–H and O–H groups in total. The van der Waals surface area contributed by atoms with Crippen LogP contribution in [0, 0.1) is 11.3 Å². The smallest absolute Gasteiger partial charge is 0.138 e. The third-order valence-corrected chi connectivity index (χ3v) is 4.81. The lowest BCUT2D eigenvalue weighted by Crippen LogP contribution is -2.23. The lowest BCUT2D eigenvalue weighted by atomic mass is 9.85. The van der Waals surface area contributed by atoms with Crippen molar-refractivity contribution in [3.05, 3.63) is 0 Å². The van der Waals surface area contributed by atoms with Crippen LogP contribution in [0.3, 0.4) is 0 Å². The molecule has 1 saturated heterocycles. The molecule has 0 aliphatic carbocycles. The van der Waals surface area contributed by atoms with Gasteiger partial charge in [-0.05, 0) is 27.7 Å². The Morgan fingerprint density at radius 3 is 2.43 bits per heavy atom. The molecule has 1 rings (SSSR count). The average Bonchev–Trinajstić information content (AvgIpc) is 2.28. The van der Waals surface area contributed by atoms with Crippen molar-refractivity contribution in [1.29, 1.82) is 0 Å². The van der Waals surface area contributed by atoms with Crippen LogP contribution >= 0.6 is 0 Å². The van der Waals surface area contributed by atoms with Crippen molar-refractivity contribution in [3.8, 4) is 0 Å². The van der Waals surface area contributed by atoms with E-state index in [9.17, 15) is 9.00 Å².